The summed E-state index contributed by atoms with van der Waals surface area (Å²) in [6.07, 6.45) is 6.81. The zero-order valence-corrected chi connectivity index (χ0v) is 12.9. The highest BCUT2D eigenvalue weighted by Gasteiger charge is 2.44. The number of aliphatic hydroxyl groups is 1. The van der Waals surface area contributed by atoms with E-state index in [1.807, 2.05) is 13.8 Å². The Morgan fingerprint density at radius 2 is 2.05 bits per heavy atom. The van der Waals surface area contributed by atoms with Gasteiger partial charge in [0.25, 0.3) is 0 Å². The molecular formula is C17H28O2. The van der Waals surface area contributed by atoms with E-state index in [-0.39, 0.29) is 5.41 Å². The number of allylic oxidation sites excluding steroid dienone is 2. The molecule has 0 amide bonds. The third-order valence-corrected chi connectivity index (χ3v) is 5.33. The minimum Gasteiger partial charge on any atom is -0.390 e. The Kier molecular flexibility index (Phi) is 3.92. The maximum Gasteiger partial charge on any atom is 0.158 e. The molecule has 2 aliphatic rings. The summed E-state index contributed by atoms with van der Waals surface area (Å²) in [6, 6.07) is 0. The van der Waals surface area contributed by atoms with Crippen molar-refractivity contribution in [3.05, 3.63) is 11.1 Å². The van der Waals surface area contributed by atoms with Crippen LogP contribution >= 0.6 is 0 Å². The minimum absolute atomic E-state index is 0.222. The highest BCUT2D eigenvalue weighted by atomic mass is 16.3. The third kappa shape index (κ3) is 2.79. The molecule has 0 aliphatic heterocycles. The summed E-state index contributed by atoms with van der Waals surface area (Å²) in [4.78, 5) is 12.2. The number of ketones is 1. The van der Waals surface area contributed by atoms with Gasteiger partial charge in [-0.15, -0.1) is 0 Å². The maximum atomic E-state index is 12.2. The molecule has 108 valence electrons. The van der Waals surface area contributed by atoms with Gasteiger partial charge >= 0.3 is 0 Å². The molecule has 0 aromatic heterocycles. The molecule has 0 bridgehead atoms. The van der Waals surface area contributed by atoms with Crippen molar-refractivity contribution in [1.82, 2.24) is 0 Å². The van der Waals surface area contributed by atoms with Crippen LogP contribution in [-0.4, -0.2) is 16.5 Å². The van der Waals surface area contributed by atoms with Gasteiger partial charge < -0.3 is 5.11 Å². The van der Waals surface area contributed by atoms with Crippen LogP contribution in [0.15, 0.2) is 11.1 Å². The SMILES string of the molecule is CCCC1=C2C[C@H](C(C)(C)O)CC[C@]2(C)CCC1=O. The van der Waals surface area contributed by atoms with E-state index in [0.29, 0.717) is 11.7 Å². The molecule has 0 unspecified atom stereocenters. The fourth-order valence-electron chi connectivity index (χ4n) is 3.85. The zero-order chi connectivity index (χ0) is 14.3. The molecule has 0 heterocycles. The average Bonchev–Trinajstić information content (AvgIpc) is 2.32. The molecule has 0 aromatic carbocycles. The van der Waals surface area contributed by atoms with Crippen LogP contribution < -0.4 is 0 Å². The van der Waals surface area contributed by atoms with Gasteiger partial charge in [-0.05, 0) is 62.9 Å². The lowest BCUT2D eigenvalue weighted by Gasteiger charge is -2.46. The molecule has 0 radical (unpaired) electrons. The standard InChI is InChI=1S/C17H28O2/c1-5-6-13-14-11-12(16(2,3)19)7-9-17(14,4)10-8-15(13)18/h12,19H,5-11H2,1-4H3/t12-,17-/m1/s1. The third-order valence-electron chi connectivity index (χ3n) is 5.33. The van der Waals surface area contributed by atoms with Gasteiger partial charge in [-0.1, -0.05) is 25.8 Å². The largest absolute Gasteiger partial charge is 0.390 e. The van der Waals surface area contributed by atoms with Gasteiger partial charge in [-0.2, -0.15) is 0 Å². The highest BCUT2D eigenvalue weighted by molar-refractivity contribution is 5.97. The van der Waals surface area contributed by atoms with Crippen LogP contribution in [0.2, 0.25) is 0 Å². The van der Waals surface area contributed by atoms with E-state index in [1.54, 1.807) is 0 Å². The summed E-state index contributed by atoms with van der Waals surface area (Å²) >= 11 is 0. The van der Waals surface area contributed by atoms with E-state index in [9.17, 15) is 9.90 Å². The first kappa shape index (κ1) is 14.8. The summed E-state index contributed by atoms with van der Waals surface area (Å²) in [5.41, 5.74) is 2.07. The maximum absolute atomic E-state index is 12.2. The molecule has 2 heteroatoms. The number of hydrogen-bond donors (Lipinski definition) is 1. The van der Waals surface area contributed by atoms with Crippen LogP contribution in [0.5, 0.6) is 0 Å². The van der Waals surface area contributed by atoms with Gasteiger partial charge in [0.05, 0.1) is 5.60 Å². The van der Waals surface area contributed by atoms with E-state index >= 15 is 0 Å². The summed E-state index contributed by atoms with van der Waals surface area (Å²) in [5, 5.41) is 10.3. The van der Waals surface area contributed by atoms with Gasteiger partial charge in [0.2, 0.25) is 0 Å². The van der Waals surface area contributed by atoms with Crippen molar-refractivity contribution < 1.29 is 9.90 Å². The van der Waals surface area contributed by atoms with E-state index in [2.05, 4.69) is 13.8 Å². The highest BCUT2D eigenvalue weighted by Crippen LogP contribution is 2.52. The Labute approximate surface area is 117 Å². The van der Waals surface area contributed by atoms with Crippen molar-refractivity contribution in [1.29, 1.82) is 0 Å². The van der Waals surface area contributed by atoms with Gasteiger partial charge in [0, 0.05) is 6.42 Å². The summed E-state index contributed by atoms with van der Waals surface area (Å²) in [6.45, 7) is 8.28. The number of carbonyl (C=O) groups excluding carboxylic acids is 1. The van der Waals surface area contributed by atoms with Crippen molar-refractivity contribution in [2.45, 2.75) is 78.2 Å². The van der Waals surface area contributed by atoms with Gasteiger partial charge in [0.15, 0.2) is 5.78 Å². The fourth-order valence-corrected chi connectivity index (χ4v) is 3.85. The molecule has 0 spiro atoms. The topological polar surface area (TPSA) is 37.3 Å². The molecule has 1 fully saturated rings. The molecule has 2 aliphatic carbocycles. The summed E-state index contributed by atoms with van der Waals surface area (Å²) in [5.74, 6) is 0.666. The average molecular weight is 264 g/mol. The second kappa shape index (κ2) is 5.05. The van der Waals surface area contributed by atoms with Crippen LogP contribution in [0.1, 0.15) is 72.6 Å². The van der Waals surface area contributed by atoms with Gasteiger partial charge in [-0.3, -0.25) is 4.79 Å². The lowest BCUT2D eigenvalue weighted by molar-refractivity contribution is -0.117. The first-order chi connectivity index (χ1) is 8.78. The lowest BCUT2D eigenvalue weighted by atomic mass is 9.59. The van der Waals surface area contributed by atoms with Crippen molar-refractivity contribution >= 4 is 5.78 Å². The molecule has 1 saturated carbocycles. The first-order valence-corrected chi connectivity index (χ1v) is 7.76. The zero-order valence-electron chi connectivity index (χ0n) is 12.9. The molecule has 19 heavy (non-hydrogen) atoms. The Bertz CT molecular complexity index is 400. The van der Waals surface area contributed by atoms with Crippen molar-refractivity contribution in [3.8, 4) is 0 Å². The van der Waals surface area contributed by atoms with E-state index in [4.69, 9.17) is 0 Å². The number of Topliss-reactive ketones (excluding diaryl/α,β-unsaturated/α-hetero) is 1. The monoisotopic (exact) mass is 264 g/mol. The number of rotatable bonds is 3. The van der Waals surface area contributed by atoms with Crippen LogP contribution in [-0.2, 0) is 4.79 Å². The fraction of sp³-hybridized carbons (Fsp3) is 0.824. The van der Waals surface area contributed by atoms with Crippen LogP contribution in [0.4, 0.5) is 0 Å². The normalized spacial score (nSPS) is 32.5. The number of carbonyl (C=O) groups is 1. The van der Waals surface area contributed by atoms with Crippen molar-refractivity contribution in [3.63, 3.8) is 0 Å². The summed E-state index contributed by atoms with van der Waals surface area (Å²) in [7, 11) is 0. The Morgan fingerprint density at radius 3 is 2.63 bits per heavy atom. The molecule has 2 atom stereocenters. The second-order valence-electron chi connectivity index (χ2n) is 7.28. The molecule has 2 rings (SSSR count). The van der Waals surface area contributed by atoms with Crippen LogP contribution in [0.3, 0.4) is 0 Å². The minimum atomic E-state index is -0.633. The Balaban J connectivity index is 2.36. The molecule has 0 aromatic rings. The predicted molar refractivity (Wildman–Crippen MR) is 77.9 cm³/mol. The molecular weight excluding hydrogens is 236 g/mol. The predicted octanol–water partition coefficient (Wildman–Crippen LogP) is 4.02. The number of hydrogen-bond acceptors (Lipinski definition) is 2. The quantitative estimate of drug-likeness (QED) is 0.836. The Hall–Kier alpha value is -0.630. The number of fused-ring (bicyclic) bond motifs is 1. The summed E-state index contributed by atoms with van der Waals surface area (Å²) < 4.78 is 0. The lowest BCUT2D eigenvalue weighted by Crippen LogP contribution is -2.40. The van der Waals surface area contributed by atoms with Gasteiger partial charge in [-0.25, -0.2) is 0 Å². The van der Waals surface area contributed by atoms with Crippen LogP contribution in [0, 0.1) is 11.3 Å². The van der Waals surface area contributed by atoms with E-state index < -0.39 is 5.60 Å². The van der Waals surface area contributed by atoms with Gasteiger partial charge in [0.1, 0.15) is 0 Å². The van der Waals surface area contributed by atoms with Crippen molar-refractivity contribution in [2.24, 2.45) is 11.3 Å². The Morgan fingerprint density at radius 1 is 1.37 bits per heavy atom. The second-order valence-corrected chi connectivity index (χ2v) is 7.28. The smallest absolute Gasteiger partial charge is 0.158 e. The molecule has 1 N–H and O–H groups in total. The first-order valence-electron chi connectivity index (χ1n) is 7.76. The van der Waals surface area contributed by atoms with Crippen molar-refractivity contribution in [2.75, 3.05) is 0 Å². The van der Waals surface area contributed by atoms with Crippen LogP contribution in [0.25, 0.3) is 0 Å². The molecule has 2 nitrogen and oxygen atoms in total. The van der Waals surface area contributed by atoms with E-state index in [1.165, 1.54) is 5.57 Å². The van der Waals surface area contributed by atoms with E-state index in [0.717, 1.165) is 50.5 Å². The molecule has 0 saturated heterocycles.